The number of nitrogens with zero attached hydrogens (tertiary/aromatic N) is 2. The summed E-state index contributed by atoms with van der Waals surface area (Å²) in [7, 11) is 0. The van der Waals surface area contributed by atoms with Gasteiger partial charge in [-0.15, -0.1) is 0 Å². The molecule has 8 heteroatoms. The van der Waals surface area contributed by atoms with Crippen LogP contribution in [0.3, 0.4) is 0 Å². The Morgan fingerprint density at radius 2 is 1.77 bits per heavy atom. The lowest BCUT2D eigenvalue weighted by atomic mass is 10.2. The molecule has 0 saturated carbocycles. The van der Waals surface area contributed by atoms with Crippen molar-refractivity contribution in [3.8, 4) is 0 Å². The second kappa shape index (κ2) is 8.39. The van der Waals surface area contributed by atoms with Gasteiger partial charge in [-0.2, -0.15) is 0 Å². The predicted octanol–water partition coefficient (Wildman–Crippen LogP) is 2.28. The van der Waals surface area contributed by atoms with Crippen LogP contribution in [0.2, 0.25) is 0 Å². The quantitative estimate of drug-likeness (QED) is 0.734. The van der Waals surface area contributed by atoms with E-state index in [1.165, 1.54) is 19.3 Å². The highest BCUT2D eigenvalue weighted by atomic mass is 16.5. The summed E-state index contributed by atoms with van der Waals surface area (Å²) in [6, 6.07) is 6.85. The van der Waals surface area contributed by atoms with E-state index in [1.54, 1.807) is 24.3 Å². The van der Waals surface area contributed by atoms with Crippen LogP contribution in [0.25, 0.3) is 0 Å². The summed E-state index contributed by atoms with van der Waals surface area (Å²) in [6.45, 7) is 2.90. The van der Waals surface area contributed by atoms with Gasteiger partial charge in [0.25, 0.3) is 5.91 Å². The Labute approximate surface area is 151 Å². The first-order chi connectivity index (χ1) is 12.6. The number of carbonyl (C=O) groups excluding carboxylic acids is 2. The molecule has 3 rings (SSSR count). The van der Waals surface area contributed by atoms with Crippen molar-refractivity contribution in [2.24, 2.45) is 0 Å². The number of anilines is 3. The Kier molecular flexibility index (Phi) is 5.75. The summed E-state index contributed by atoms with van der Waals surface area (Å²) < 4.78 is 5.53. The van der Waals surface area contributed by atoms with Crippen molar-refractivity contribution < 1.29 is 14.3 Å². The molecule has 0 spiro atoms. The molecule has 136 valence electrons. The molecular weight excluding hydrogens is 334 g/mol. The normalized spacial score (nSPS) is 16.1. The summed E-state index contributed by atoms with van der Waals surface area (Å²) in [5.74, 6) is 0.0202. The van der Waals surface area contributed by atoms with Crippen molar-refractivity contribution in [3.63, 3.8) is 0 Å². The Morgan fingerprint density at radius 3 is 2.35 bits per heavy atom. The molecule has 0 aliphatic carbocycles. The predicted molar refractivity (Wildman–Crippen MR) is 98.2 cm³/mol. The fourth-order valence-electron chi connectivity index (χ4n) is 2.59. The number of hydrogen-bond acceptors (Lipinski definition) is 6. The van der Waals surface area contributed by atoms with Gasteiger partial charge in [-0.25, -0.2) is 9.97 Å². The van der Waals surface area contributed by atoms with Crippen molar-refractivity contribution in [3.05, 3.63) is 42.2 Å². The van der Waals surface area contributed by atoms with Gasteiger partial charge in [0.1, 0.15) is 0 Å². The molecule has 0 radical (unpaired) electrons. The summed E-state index contributed by atoms with van der Waals surface area (Å²) in [5.41, 5.74) is 1.64. The maximum atomic E-state index is 12.3. The number of ether oxygens (including phenoxy) is 1. The van der Waals surface area contributed by atoms with Crippen LogP contribution < -0.4 is 16.0 Å². The second-order valence-corrected chi connectivity index (χ2v) is 6.02. The van der Waals surface area contributed by atoms with Crippen molar-refractivity contribution in [1.82, 2.24) is 9.97 Å². The minimum Gasteiger partial charge on any atom is -0.376 e. The lowest BCUT2D eigenvalue weighted by Gasteiger charge is -2.10. The minimum absolute atomic E-state index is 0.146. The van der Waals surface area contributed by atoms with Crippen molar-refractivity contribution in [2.45, 2.75) is 25.9 Å². The summed E-state index contributed by atoms with van der Waals surface area (Å²) >= 11 is 0. The molecule has 1 aromatic carbocycles. The Hall–Kier alpha value is -3.00. The smallest absolute Gasteiger partial charge is 0.258 e. The zero-order valence-electron chi connectivity index (χ0n) is 14.5. The van der Waals surface area contributed by atoms with E-state index in [0.717, 1.165) is 19.4 Å². The molecule has 1 saturated heterocycles. The summed E-state index contributed by atoms with van der Waals surface area (Å²) in [4.78, 5) is 31.6. The Bertz CT molecular complexity index is 755. The third-order valence-electron chi connectivity index (χ3n) is 3.89. The maximum Gasteiger partial charge on any atom is 0.258 e. The molecule has 1 aliphatic heterocycles. The van der Waals surface area contributed by atoms with E-state index in [9.17, 15) is 9.59 Å². The average Bonchev–Trinajstić information content (AvgIpc) is 3.15. The van der Waals surface area contributed by atoms with E-state index in [-0.39, 0.29) is 17.9 Å². The van der Waals surface area contributed by atoms with E-state index in [4.69, 9.17) is 4.74 Å². The third kappa shape index (κ3) is 5.00. The van der Waals surface area contributed by atoms with Gasteiger partial charge >= 0.3 is 0 Å². The number of hydrogen-bond donors (Lipinski definition) is 3. The van der Waals surface area contributed by atoms with Crippen LogP contribution in [0.4, 0.5) is 17.3 Å². The first-order valence-corrected chi connectivity index (χ1v) is 8.47. The van der Waals surface area contributed by atoms with Crippen molar-refractivity contribution >= 4 is 29.1 Å². The molecule has 26 heavy (non-hydrogen) atoms. The van der Waals surface area contributed by atoms with Crippen LogP contribution >= 0.6 is 0 Å². The van der Waals surface area contributed by atoms with E-state index >= 15 is 0 Å². The first-order valence-electron chi connectivity index (χ1n) is 8.47. The van der Waals surface area contributed by atoms with E-state index in [2.05, 4.69) is 25.9 Å². The van der Waals surface area contributed by atoms with Crippen LogP contribution in [0.15, 0.2) is 36.7 Å². The van der Waals surface area contributed by atoms with E-state index < -0.39 is 0 Å². The number of amides is 2. The average molecular weight is 355 g/mol. The molecule has 1 fully saturated rings. The molecule has 1 unspecified atom stereocenters. The lowest BCUT2D eigenvalue weighted by molar-refractivity contribution is -0.114. The summed E-state index contributed by atoms with van der Waals surface area (Å²) in [6.07, 6.45) is 5.27. The van der Waals surface area contributed by atoms with E-state index in [0.29, 0.717) is 29.4 Å². The SMILES string of the molecule is CC(=O)Nc1ccc(NC(=O)c2cnc(NCC3CCCO3)nc2)cc1. The van der Waals surface area contributed by atoms with Gasteiger partial charge in [0.15, 0.2) is 0 Å². The highest BCUT2D eigenvalue weighted by Gasteiger charge is 2.15. The fraction of sp³-hybridized carbons (Fsp3) is 0.333. The van der Waals surface area contributed by atoms with Crippen LogP contribution in [-0.4, -0.2) is 41.0 Å². The number of carbonyl (C=O) groups is 2. The molecule has 2 heterocycles. The van der Waals surface area contributed by atoms with Gasteiger partial charge in [0.2, 0.25) is 11.9 Å². The van der Waals surface area contributed by atoms with Crippen LogP contribution in [0.5, 0.6) is 0 Å². The van der Waals surface area contributed by atoms with Gasteiger partial charge < -0.3 is 20.7 Å². The van der Waals surface area contributed by atoms with Crippen LogP contribution in [0, 0.1) is 0 Å². The van der Waals surface area contributed by atoms with Gasteiger partial charge in [-0.1, -0.05) is 0 Å². The topological polar surface area (TPSA) is 105 Å². The number of nitrogens with one attached hydrogen (secondary N) is 3. The fourth-order valence-corrected chi connectivity index (χ4v) is 2.59. The highest BCUT2D eigenvalue weighted by molar-refractivity contribution is 6.04. The lowest BCUT2D eigenvalue weighted by Crippen LogP contribution is -2.20. The molecule has 1 aromatic heterocycles. The van der Waals surface area contributed by atoms with Crippen LogP contribution in [-0.2, 0) is 9.53 Å². The number of aromatic nitrogens is 2. The van der Waals surface area contributed by atoms with Gasteiger partial charge in [-0.3, -0.25) is 9.59 Å². The largest absolute Gasteiger partial charge is 0.376 e. The Morgan fingerprint density at radius 1 is 1.12 bits per heavy atom. The molecule has 2 aromatic rings. The number of rotatable bonds is 6. The Balaban J connectivity index is 1.53. The second-order valence-electron chi connectivity index (χ2n) is 6.02. The minimum atomic E-state index is -0.303. The molecule has 2 amide bonds. The van der Waals surface area contributed by atoms with Gasteiger partial charge in [-0.05, 0) is 37.1 Å². The zero-order chi connectivity index (χ0) is 18.4. The number of benzene rings is 1. The van der Waals surface area contributed by atoms with E-state index in [1.807, 2.05) is 0 Å². The van der Waals surface area contributed by atoms with Crippen molar-refractivity contribution in [2.75, 3.05) is 29.1 Å². The zero-order valence-corrected chi connectivity index (χ0v) is 14.5. The van der Waals surface area contributed by atoms with Crippen LogP contribution in [0.1, 0.15) is 30.1 Å². The highest BCUT2D eigenvalue weighted by Crippen LogP contribution is 2.15. The molecule has 8 nitrogen and oxygen atoms in total. The molecule has 1 aliphatic rings. The molecule has 3 N–H and O–H groups in total. The van der Waals surface area contributed by atoms with Crippen molar-refractivity contribution in [1.29, 1.82) is 0 Å². The first kappa shape index (κ1) is 17.8. The standard InChI is InChI=1S/C18H21N5O3/c1-12(24)22-14-4-6-15(7-5-14)23-17(25)13-9-19-18(20-10-13)21-11-16-3-2-8-26-16/h4-7,9-10,16H,2-3,8,11H2,1H3,(H,22,24)(H,23,25)(H,19,20,21). The monoisotopic (exact) mass is 355 g/mol. The molecule has 1 atom stereocenters. The van der Waals surface area contributed by atoms with Gasteiger partial charge in [0.05, 0.1) is 11.7 Å². The maximum absolute atomic E-state index is 12.3. The summed E-state index contributed by atoms with van der Waals surface area (Å²) in [5, 5.41) is 8.54. The van der Waals surface area contributed by atoms with Gasteiger partial charge in [0, 0.05) is 43.8 Å². The molecular formula is C18H21N5O3. The molecule has 0 bridgehead atoms. The third-order valence-corrected chi connectivity index (χ3v) is 3.89.